The Labute approximate surface area is 132 Å². The molecule has 0 aliphatic carbocycles. The van der Waals surface area contributed by atoms with Crippen molar-refractivity contribution in [1.29, 1.82) is 0 Å². The molecule has 0 spiro atoms. The predicted octanol–water partition coefficient (Wildman–Crippen LogP) is -2.59. The van der Waals surface area contributed by atoms with E-state index in [1.165, 1.54) is 0 Å². The van der Waals surface area contributed by atoms with Crippen LogP contribution in [0.2, 0.25) is 0 Å². The molecule has 0 rings (SSSR count). The van der Waals surface area contributed by atoms with Crippen LogP contribution >= 0.6 is 0 Å². The average molecular weight is 353 g/mol. The van der Waals surface area contributed by atoms with Gasteiger partial charge in [-0.3, -0.25) is 6.29 Å². The van der Waals surface area contributed by atoms with Crippen LogP contribution in [0.15, 0.2) is 0 Å². The minimum absolute atomic E-state index is 0. The van der Waals surface area contributed by atoms with Crippen LogP contribution < -0.4 is 15.3 Å². The second-order valence-electron chi connectivity index (χ2n) is 3.83. The molecule has 0 aromatic rings. The Hall–Kier alpha value is -1.04. The molecule has 0 fully saturated rings. The standard InChI is InChI=1S/C5H9O.3C2H4O2.Zr/c1-5(2,3)4-6;3*1-2(3)4;/h1-3H3;3*1H3,(H,3,4);/q-1;;;;+4/p-3. The Morgan fingerprint density at radius 3 is 0.842 bits per heavy atom. The van der Waals surface area contributed by atoms with E-state index in [-0.39, 0.29) is 31.6 Å². The summed E-state index contributed by atoms with van der Waals surface area (Å²) in [6.45, 7) is 8.38. The van der Waals surface area contributed by atoms with Crippen LogP contribution in [0.3, 0.4) is 0 Å². The fourth-order valence-corrected chi connectivity index (χ4v) is 0. The summed E-state index contributed by atoms with van der Waals surface area (Å²) in [6.07, 6.45) is 1.85. The maximum absolute atomic E-state index is 9.70. The van der Waals surface area contributed by atoms with Gasteiger partial charge in [-0.25, -0.2) is 0 Å². The third-order valence-electron chi connectivity index (χ3n) is 0.306. The largest absolute Gasteiger partial charge is 4.00 e. The molecule has 7 nitrogen and oxygen atoms in total. The van der Waals surface area contributed by atoms with Crippen molar-refractivity contribution in [3.8, 4) is 0 Å². The van der Waals surface area contributed by atoms with Crippen molar-refractivity contribution < 1.29 is 60.7 Å². The molecule has 0 saturated carbocycles. The predicted molar refractivity (Wildman–Crippen MR) is 57.2 cm³/mol. The molecular formula is C11H18O7Zr. The minimum atomic E-state index is -1.08. The van der Waals surface area contributed by atoms with Gasteiger partial charge in [-0.2, -0.15) is 0 Å². The van der Waals surface area contributed by atoms with Gasteiger partial charge >= 0.3 is 26.2 Å². The van der Waals surface area contributed by atoms with Gasteiger partial charge in [-0.1, -0.05) is 20.8 Å². The number of rotatable bonds is 0. The van der Waals surface area contributed by atoms with E-state index in [4.69, 9.17) is 29.7 Å². The summed E-state index contributed by atoms with van der Waals surface area (Å²) in [7, 11) is 0. The van der Waals surface area contributed by atoms with Crippen LogP contribution in [0.5, 0.6) is 0 Å². The Bertz CT molecular complexity index is 216. The monoisotopic (exact) mass is 352 g/mol. The van der Waals surface area contributed by atoms with Crippen molar-refractivity contribution in [3.05, 3.63) is 0 Å². The first kappa shape index (κ1) is 30.8. The zero-order chi connectivity index (χ0) is 15.9. The number of carboxylic acid groups (broad SMARTS) is 3. The minimum Gasteiger partial charge on any atom is -0.550 e. The molecule has 0 amide bonds. The molecule has 8 heteroatoms. The van der Waals surface area contributed by atoms with E-state index in [0.717, 1.165) is 20.8 Å². The molecule has 0 radical (unpaired) electrons. The van der Waals surface area contributed by atoms with Gasteiger partial charge in [0, 0.05) is 17.9 Å². The Morgan fingerprint density at radius 2 is 0.842 bits per heavy atom. The molecule has 0 saturated heterocycles. The van der Waals surface area contributed by atoms with Crippen molar-refractivity contribution in [3.63, 3.8) is 0 Å². The first-order valence-electron chi connectivity index (χ1n) is 4.68. The summed E-state index contributed by atoms with van der Waals surface area (Å²) >= 11 is 0. The van der Waals surface area contributed by atoms with Gasteiger partial charge in [-0.15, -0.1) is 5.41 Å². The van der Waals surface area contributed by atoms with E-state index in [1.807, 2.05) is 27.1 Å². The first-order chi connectivity index (χ1) is 7.76. The van der Waals surface area contributed by atoms with E-state index in [1.54, 1.807) is 0 Å². The summed E-state index contributed by atoms with van der Waals surface area (Å²) in [5.74, 6) is -3.25. The molecule has 108 valence electrons. The van der Waals surface area contributed by atoms with E-state index in [9.17, 15) is 4.79 Å². The molecular weight excluding hydrogens is 335 g/mol. The van der Waals surface area contributed by atoms with E-state index >= 15 is 0 Å². The second kappa shape index (κ2) is 19.3. The Balaban J connectivity index is -0.0000000459. The molecule has 0 bridgehead atoms. The van der Waals surface area contributed by atoms with E-state index in [2.05, 4.69) is 0 Å². The summed E-state index contributed by atoms with van der Waals surface area (Å²) in [5.41, 5.74) is -0.264. The van der Waals surface area contributed by atoms with Gasteiger partial charge in [0.15, 0.2) is 0 Å². The van der Waals surface area contributed by atoms with E-state index < -0.39 is 17.9 Å². The van der Waals surface area contributed by atoms with Gasteiger partial charge < -0.3 is 34.5 Å². The number of carbonyl (C=O) groups is 3. The Kier molecular flexibility index (Phi) is 31.3. The smallest absolute Gasteiger partial charge is 0.550 e. The van der Waals surface area contributed by atoms with Crippen LogP contribution in [0.25, 0.3) is 0 Å². The second-order valence-corrected chi connectivity index (χ2v) is 3.83. The van der Waals surface area contributed by atoms with Crippen LogP contribution in [-0.2, 0) is 45.4 Å². The SMILES string of the molecule is CC(=O)[O-].CC(=O)[O-].CC(=O)[O-].CC(C)(C)[C-]=O.[Zr+4]. The van der Waals surface area contributed by atoms with Crippen molar-refractivity contribution in [1.82, 2.24) is 0 Å². The number of hydrogen-bond donors (Lipinski definition) is 0. The molecule has 19 heavy (non-hydrogen) atoms. The molecule has 0 N–H and O–H groups in total. The summed E-state index contributed by atoms with van der Waals surface area (Å²) in [6, 6.07) is 0. The molecule has 0 unspecified atom stereocenters. The molecule has 0 aromatic heterocycles. The van der Waals surface area contributed by atoms with Crippen LogP contribution in [-0.4, -0.2) is 24.2 Å². The van der Waals surface area contributed by atoms with Crippen LogP contribution in [0.1, 0.15) is 41.5 Å². The van der Waals surface area contributed by atoms with Gasteiger partial charge in [0.05, 0.1) is 0 Å². The van der Waals surface area contributed by atoms with Crippen LogP contribution in [0.4, 0.5) is 0 Å². The zero-order valence-corrected chi connectivity index (χ0v) is 14.3. The summed E-state index contributed by atoms with van der Waals surface area (Å²) < 4.78 is 0. The molecule has 0 heterocycles. The van der Waals surface area contributed by atoms with Crippen molar-refractivity contribution in [2.75, 3.05) is 0 Å². The Morgan fingerprint density at radius 1 is 0.789 bits per heavy atom. The zero-order valence-electron chi connectivity index (χ0n) is 11.9. The summed E-state index contributed by atoms with van der Waals surface area (Å²) in [5, 5.41) is 26.7. The molecule has 0 aliphatic heterocycles. The number of carboxylic acids is 3. The van der Waals surface area contributed by atoms with Crippen molar-refractivity contribution >= 4 is 24.2 Å². The third-order valence-corrected chi connectivity index (χ3v) is 0.306. The number of carbonyl (C=O) groups excluding carboxylic acids is 4. The first-order valence-corrected chi connectivity index (χ1v) is 4.68. The maximum atomic E-state index is 9.70. The van der Waals surface area contributed by atoms with Gasteiger partial charge in [-0.05, 0) is 20.8 Å². The van der Waals surface area contributed by atoms with Gasteiger partial charge in [0.25, 0.3) is 0 Å². The van der Waals surface area contributed by atoms with Crippen molar-refractivity contribution in [2.45, 2.75) is 41.5 Å². The number of hydrogen-bond acceptors (Lipinski definition) is 7. The maximum Gasteiger partial charge on any atom is 4.00 e. The topological polar surface area (TPSA) is 137 Å². The fraction of sp³-hybridized carbons (Fsp3) is 0.636. The molecule has 0 atom stereocenters. The van der Waals surface area contributed by atoms with Gasteiger partial charge in [0.2, 0.25) is 0 Å². The third kappa shape index (κ3) is 986. The molecule has 0 aliphatic rings. The van der Waals surface area contributed by atoms with E-state index in [0.29, 0.717) is 0 Å². The van der Waals surface area contributed by atoms with Gasteiger partial charge in [0.1, 0.15) is 0 Å². The van der Waals surface area contributed by atoms with Crippen LogP contribution in [0, 0.1) is 5.41 Å². The summed E-state index contributed by atoms with van der Waals surface area (Å²) in [4.78, 5) is 36.4. The molecule has 0 aromatic carbocycles. The average Bonchev–Trinajstić information content (AvgIpc) is 1.99. The number of aliphatic carboxylic acids is 3. The van der Waals surface area contributed by atoms with Crippen molar-refractivity contribution in [2.24, 2.45) is 5.41 Å². The quantitative estimate of drug-likeness (QED) is 0.436. The normalized spacial score (nSPS) is 7.47. The fourth-order valence-electron chi connectivity index (χ4n) is 0.